The highest BCUT2D eigenvalue weighted by Crippen LogP contribution is 2.29. The van der Waals surface area contributed by atoms with Gasteiger partial charge in [0.05, 0.1) is 11.8 Å². The van der Waals surface area contributed by atoms with Crippen molar-refractivity contribution in [3.63, 3.8) is 0 Å². The summed E-state index contributed by atoms with van der Waals surface area (Å²) in [5.74, 6) is -0.836. The van der Waals surface area contributed by atoms with Crippen molar-refractivity contribution in [3.8, 4) is 0 Å². The zero-order valence-corrected chi connectivity index (χ0v) is 11.4. The number of rotatable bonds is 3. The van der Waals surface area contributed by atoms with Crippen molar-refractivity contribution in [1.29, 1.82) is 0 Å². The third kappa shape index (κ3) is 2.58. The largest absolute Gasteiger partial charge is 0.395 e. The van der Waals surface area contributed by atoms with Gasteiger partial charge in [-0.3, -0.25) is 0 Å². The number of aliphatic hydroxyl groups excluding tert-OH is 1. The van der Waals surface area contributed by atoms with E-state index in [0.717, 1.165) is 6.07 Å². The van der Waals surface area contributed by atoms with Gasteiger partial charge in [0.2, 0.25) is 10.0 Å². The Balaban J connectivity index is 2.31. The number of hydrogen-bond donors (Lipinski definition) is 2. The van der Waals surface area contributed by atoms with Crippen LogP contribution >= 0.6 is 0 Å². The zero-order chi connectivity index (χ0) is 14.2. The molecule has 0 aliphatic carbocycles. The van der Waals surface area contributed by atoms with E-state index in [1.165, 1.54) is 16.4 Å². The molecular formula is C12H17FN2O3S. The van der Waals surface area contributed by atoms with Gasteiger partial charge in [-0.05, 0) is 31.4 Å². The Morgan fingerprint density at radius 2 is 2.21 bits per heavy atom. The van der Waals surface area contributed by atoms with E-state index in [2.05, 4.69) is 0 Å². The molecule has 1 aliphatic heterocycles. The number of anilines is 1. The molecule has 2 atom stereocenters. The Bertz CT molecular complexity index is 574. The maximum absolute atomic E-state index is 13.4. The molecule has 106 valence electrons. The first kappa shape index (κ1) is 14.2. The normalized spacial score (nSPS) is 22.6. The second-order valence-corrected chi connectivity index (χ2v) is 6.71. The average molecular weight is 288 g/mol. The lowest BCUT2D eigenvalue weighted by Crippen LogP contribution is -2.31. The van der Waals surface area contributed by atoms with Crippen LogP contribution in [0.15, 0.2) is 23.1 Å². The van der Waals surface area contributed by atoms with Crippen molar-refractivity contribution in [2.45, 2.75) is 24.3 Å². The van der Waals surface area contributed by atoms with Gasteiger partial charge in [0, 0.05) is 13.1 Å². The fraction of sp³-hybridized carbons (Fsp3) is 0.500. The molecule has 0 aromatic heterocycles. The Hall–Kier alpha value is -1.18. The van der Waals surface area contributed by atoms with Crippen molar-refractivity contribution in [2.75, 3.05) is 18.8 Å². The number of nitrogens with zero attached hydrogens (tertiary/aromatic N) is 1. The van der Waals surface area contributed by atoms with Crippen molar-refractivity contribution in [3.05, 3.63) is 24.0 Å². The second-order valence-electron chi connectivity index (χ2n) is 4.80. The van der Waals surface area contributed by atoms with Gasteiger partial charge in [0.25, 0.3) is 0 Å². The quantitative estimate of drug-likeness (QED) is 0.806. The third-order valence-corrected chi connectivity index (χ3v) is 5.42. The van der Waals surface area contributed by atoms with Crippen LogP contribution in [-0.4, -0.2) is 37.0 Å². The molecule has 0 saturated carbocycles. The maximum atomic E-state index is 13.4. The third-order valence-electron chi connectivity index (χ3n) is 3.50. The van der Waals surface area contributed by atoms with Crippen LogP contribution in [-0.2, 0) is 10.0 Å². The monoisotopic (exact) mass is 288 g/mol. The van der Waals surface area contributed by atoms with Crippen molar-refractivity contribution in [1.82, 2.24) is 4.31 Å². The minimum absolute atomic E-state index is 0.0930. The lowest BCUT2D eigenvalue weighted by molar-refractivity contribution is 0.133. The van der Waals surface area contributed by atoms with Crippen LogP contribution in [0.25, 0.3) is 0 Å². The Morgan fingerprint density at radius 3 is 2.79 bits per heavy atom. The van der Waals surface area contributed by atoms with Crippen LogP contribution < -0.4 is 5.73 Å². The van der Waals surface area contributed by atoms with Crippen LogP contribution in [0, 0.1) is 11.7 Å². The highest BCUT2D eigenvalue weighted by atomic mass is 32.2. The molecule has 19 heavy (non-hydrogen) atoms. The van der Waals surface area contributed by atoms with Crippen LogP contribution in [0.2, 0.25) is 0 Å². The molecule has 1 heterocycles. The molecule has 3 N–H and O–H groups in total. The first-order chi connectivity index (χ1) is 8.84. The molecule has 1 aliphatic rings. The van der Waals surface area contributed by atoms with E-state index in [-0.39, 0.29) is 23.0 Å². The van der Waals surface area contributed by atoms with Gasteiger partial charge in [0.1, 0.15) is 10.7 Å². The van der Waals surface area contributed by atoms with E-state index >= 15 is 0 Å². The molecule has 1 aromatic rings. The van der Waals surface area contributed by atoms with E-state index in [1.807, 2.05) is 0 Å². The summed E-state index contributed by atoms with van der Waals surface area (Å²) in [5.41, 5.74) is 5.14. The van der Waals surface area contributed by atoms with E-state index in [0.29, 0.717) is 13.0 Å². The smallest absolute Gasteiger partial charge is 0.245 e. The number of sulfonamides is 1. The number of nitrogens with two attached hydrogens (primary N) is 1. The van der Waals surface area contributed by atoms with Crippen LogP contribution in [0.1, 0.15) is 13.3 Å². The summed E-state index contributed by atoms with van der Waals surface area (Å²) in [4.78, 5) is -0.209. The average Bonchev–Trinajstić information content (AvgIpc) is 2.82. The van der Waals surface area contributed by atoms with Gasteiger partial charge >= 0.3 is 0 Å². The zero-order valence-electron chi connectivity index (χ0n) is 10.6. The summed E-state index contributed by atoms with van der Waals surface area (Å²) >= 11 is 0. The van der Waals surface area contributed by atoms with Crippen molar-refractivity contribution >= 4 is 15.7 Å². The highest BCUT2D eigenvalue weighted by molar-refractivity contribution is 7.89. The summed E-state index contributed by atoms with van der Waals surface area (Å²) in [7, 11) is -3.80. The highest BCUT2D eigenvalue weighted by Gasteiger charge is 2.35. The van der Waals surface area contributed by atoms with Gasteiger partial charge in [-0.25, -0.2) is 12.8 Å². The molecular weight excluding hydrogens is 271 g/mol. The number of aliphatic hydroxyl groups is 1. The summed E-state index contributed by atoms with van der Waals surface area (Å²) in [5, 5.41) is 9.50. The fourth-order valence-corrected chi connectivity index (χ4v) is 3.88. The van der Waals surface area contributed by atoms with E-state index in [4.69, 9.17) is 5.73 Å². The molecule has 1 saturated heterocycles. The first-order valence-corrected chi connectivity index (χ1v) is 7.50. The standard InChI is InChI=1S/C12H17FN2O3S/c1-8(16)9-5-6-15(7-9)19(17,18)11-4-2-3-10(13)12(11)14/h2-4,8-9,16H,5-7,14H2,1H3. The summed E-state index contributed by atoms with van der Waals surface area (Å²) in [6, 6.07) is 3.74. The Morgan fingerprint density at radius 1 is 1.53 bits per heavy atom. The summed E-state index contributed by atoms with van der Waals surface area (Å²) in [6.45, 7) is 2.18. The van der Waals surface area contributed by atoms with Gasteiger partial charge in [-0.1, -0.05) is 6.07 Å². The molecule has 2 unspecified atom stereocenters. The second kappa shape index (κ2) is 5.07. The SMILES string of the molecule is CC(O)C1CCN(S(=O)(=O)c2cccc(F)c2N)C1. The predicted molar refractivity (Wildman–Crippen MR) is 69.4 cm³/mol. The lowest BCUT2D eigenvalue weighted by Gasteiger charge is -2.18. The lowest BCUT2D eigenvalue weighted by atomic mass is 10.0. The van der Waals surface area contributed by atoms with Crippen LogP contribution in [0.3, 0.4) is 0 Å². The van der Waals surface area contributed by atoms with Crippen molar-refractivity contribution in [2.24, 2.45) is 5.92 Å². The van der Waals surface area contributed by atoms with Crippen LogP contribution in [0.4, 0.5) is 10.1 Å². The first-order valence-electron chi connectivity index (χ1n) is 6.06. The number of benzene rings is 1. The van der Waals surface area contributed by atoms with E-state index in [1.54, 1.807) is 6.92 Å². The summed E-state index contributed by atoms with van der Waals surface area (Å²) in [6.07, 6.45) is 0.0246. The molecule has 5 nitrogen and oxygen atoms in total. The maximum Gasteiger partial charge on any atom is 0.245 e. The van der Waals surface area contributed by atoms with Crippen molar-refractivity contribution < 1.29 is 17.9 Å². The van der Waals surface area contributed by atoms with Gasteiger partial charge in [0.15, 0.2) is 0 Å². The fourth-order valence-electron chi connectivity index (χ4n) is 2.25. The molecule has 0 bridgehead atoms. The molecule has 0 spiro atoms. The number of halogens is 1. The minimum atomic E-state index is -3.80. The number of para-hydroxylation sites is 1. The summed E-state index contributed by atoms with van der Waals surface area (Å²) < 4.78 is 39.3. The molecule has 0 radical (unpaired) electrons. The number of nitrogen functional groups attached to an aromatic ring is 1. The Kier molecular flexibility index (Phi) is 3.80. The molecule has 0 amide bonds. The van der Waals surface area contributed by atoms with E-state index < -0.39 is 21.9 Å². The molecule has 7 heteroatoms. The van der Waals surface area contributed by atoms with E-state index in [9.17, 15) is 17.9 Å². The van der Waals surface area contributed by atoms with Gasteiger partial charge in [-0.15, -0.1) is 0 Å². The minimum Gasteiger partial charge on any atom is -0.395 e. The Labute approximate surface area is 111 Å². The molecule has 2 rings (SSSR count). The molecule has 1 fully saturated rings. The predicted octanol–water partition coefficient (Wildman–Crippen LogP) is 0.799. The molecule has 1 aromatic carbocycles. The van der Waals surface area contributed by atoms with Crippen LogP contribution in [0.5, 0.6) is 0 Å². The van der Waals surface area contributed by atoms with Gasteiger partial charge < -0.3 is 10.8 Å². The topological polar surface area (TPSA) is 83.6 Å². The number of hydrogen-bond acceptors (Lipinski definition) is 4. The van der Waals surface area contributed by atoms with Gasteiger partial charge in [-0.2, -0.15) is 4.31 Å².